The molecule has 112 valence electrons. The quantitative estimate of drug-likeness (QED) is 0.750. The van der Waals surface area contributed by atoms with Crippen molar-refractivity contribution in [2.24, 2.45) is 0 Å². The number of amides is 2. The maximum absolute atomic E-state index is 11.8. The molecule has 19 heavy (non-hydrogen) atoms. The number of hydrogen-bond acceptors (Lipinski definition) is 4. The van der Waals surface area contributed by atoms with Gasteiger partial charge < -0.3 is 24.6 Å². The monoisotopic (exact) mass is 273 g/mol. The smallest absolute Gasteiger partial charge is 0.319 e. The normalized spacial score (nSPS) is 18.7. The van der Waals surface area contributed by atoms with Gasteiger partial charge in [-0.2, -0.15) is 0 Å². The third kappa shape index (κ3) is 4.63. The Morgan fingerprint density at radius 2 is 1.79 bits per heavy atom. The maximum Gasteiger partial charge on any atom is 0.319 e. The van der Waals surface area contributed by atoms with Crippen LogP contribution in [0.2, 0.25) is 0 Å². The van der Waals surface area contributed by atoms with Gasteiger partial charge in [0.25, 0.3) is 0 Å². The fourth-order valence-corrected chi connectivity index (χ4v) is 2.48. The van der Waals surface area contributed by atoms with Crippen LogP contribution in [0.15, 0.2) is 0 Å². The number of urea groups is 1. The molecule has 1 aliphatic rings. The van der Waals surface area contributed by atoms with Gasteiger partial charge in [-0.3, -0.25) is 0 Å². The summed E-state index contributed by atoms with van der Waals surface area (Å²) in [5, 5.41) is 3.51. The molecule has 1 atom stereocenters. The molecule has 0 saturated carbocycles. The number of nitrogens with zero attached hydrogens (tertiary/aromatic N) is 2. The molecule has 0 aromatic heterocycles. The molecular formula is C13H27N3O3. The highest BCUT2D eigenvalue weighted by molar-refractivity contribution is 5.73. The van der Waals surface area contributed by atoms with E-state index in [9.17, 15) is 4.79 Å². The molecule has 0 radical (unpaired) electrons. The van der Waals surface area contributed by atoms with Gasteiger partial charge in [-0.15, -0.1) is 0 Å². The van der Waals surface area contributed by atoms with Crippen molar-refractivity contribution in [1.82, 2.24) is 15.1 Å². The highest BCUT2D eigenvalue weighted by atomic mass is 16.7. The predicted octanol–water partition coefficient (Wildman–Crippen LogP) is 0.729. The molecule has 1 unspecified atom stereocenters. The molecule has 0 aromatic carbocycles. The molecule has 1 heterocycles. The summed E-state index contributed by atoms with van der Waals surface area (Å²) < 4.78 is 10.5. The zero-order valence-electron chi connectivity index (χ0n) is 12.7. The van der Waals surface area contributed by atoms with E-state index in [0.29, 0.717) is 6.04 Å². The van der Waals surface area contributed by atoms with Gasteiger partial charge in [-0.1, -0.05) is 0 Å². The first-order chi connectivity index (χ1) is 8.99. The Bertz CT molecular complexity index is 274. The zero-order valence-corrected chi connectivity index (χ0v) is 12.7. The lowest BCUT2D eigenvalue weighted by molar-refractivity contribution is -0.121. The molecule has 0 aliphatic carbocycles. The van der Waals surface area contributed by atoms with Crippen LogP contribution in [0.3, 0.4) is 0 Å². The maximum atomic E-state index is 11.8. The van der Waals surface area contributed by atoms with E-state index < -0.39 is 0 Å². The molecule has 1 saturated heterocycles. The zero-order chi connectivity index (χ0) is 14.4. The highest BCUT2D eigenvalue weighted by Gasteiger charge is 2.26. The first-order valence-corrected chi connectivity index (χ1v) is 6.77. The standard InChI is InChI=1S/C13H27N3O3/c1-10(12(18-4)19-5)14-11-6-8-16(9-7-11)13(17)15(2)3/h10-12,14H,6-9H2,1-5H3. The summed E-state index contributed by atoms with van der Waals surface area (Å²) in [7, 11) is 6.86. The summed E-state index contributed by atoms with van der Waals surface area (Å²) in [5.74, 6) is 0. The molecule has 0 aromatic rings. The SMILES string of the molecule is COC(OC)C(C)NC1CCN(C(=O)N(C)C)CC1. The van der Waals surface area contributed by atoms with Crippen LogP contribution in [0.4, 0.5) is 4.79 Å². The molecule has 1 fully saturated rings. The molecule has 1 rings (SSSR count). The summed E-state index contributed by atoms with van der Waals surface area (Å²) in [5.41, 5.74) is 0. The van der Waals surface area contributed by atoms with E-state index in [0.717, 1.165) is 25.9 Å². The largest absolute Gasteiger partial charge is 0.354 e. The second kappa shape index (κ2) is 7.67. The molecule has 6 heteroatoms. The summed E-state index contributed by atoms with van der Waals surface area (Å²) in [4.78, 5) is 15.3. The third-order valence-corrected chi connectivity index (χ3v) is 3.52. The summed E-state index contributed by atoms with van der Waals surface area (Å²) in [6, 6.07) is 0.642. The van der Waals surface area contributed by atoms with E-state index >= 15 is 0 Å². The molecular weight excluding hydrogens is 246 g/mol. The number of ether oxygens (including phenoxy) is 2. The van der Waals surface area contributed by atoms with E-state index in [4.69, 9.17) is 9.47 Å². The van der Waals surface area contributed by atoms with Crippen LogP contribution >= 0.6 is 0 Å². The van der Waals surface area contributed by atoms with Crippen molar-refractivity contribution in [3.8, 4) is 0 Å². The van der Waals surface area contributed by atoms with E-state index in [1.54, 1.807) is 33.2 Å². The van der Waals surface area contributed by atoms with Crippen LogP contribution in [0.5, 0.6) is 0 Å². The fourth-order valence-electron chi connectivity index (χ4n) is 2.48. The Kier molecular flexibility index (Phi) is 6.54. The van der Waals surface area contributed by atoms with E-state index in [-0.39, 0.29) is 18.4 Å². The Morgan fingerprint density at radius 1 is 1.26 bits per heavy atom. The van der Waals surface area contributed by atoms with Crippen LogP contribution in [-0.2, 0) is 9.47 Å². The molecule has 0 bridgehead atoms. The van der Waals surface area contributed by atoms with E-state index in [2.05, 4.69) is 12.2 Å². The minimum absolute atomic E-state index is 0.0955. The van der Waals surface area contributed by atoms with Gasteiger partial charge in [0.2, 0.25) is 0 Å². The van der Waals surface area contributed by atoms with Gasteiger partial charge >= 0.3 is 6.03 Å². The minimum atomic E-state index is -0.235. The second-order valence-electron chi connectivity index (χ2n) is 5.23. The fraction of sp³-hybridized carbons (Fsp3) is 0.923. The van der Waals surface area contributed by atoms with Crippen molar-refractivity contribution < 1.29 is 14.3 Å². The lowest BCUT2D eigenvalue weighted by Crippen LogP contribution is -2.52. The van der Waals surface area contributed by atoms with Crippen LogP contribution < -0.4 is 5.32 Å². The average Bonchev–Trinajstić information content (AvgIpc) is 2.40. The van der Waals surface area contributed by atoms with Gasteiger partial charge in [0.05, 0.1) is 6.04 Å². The number of carbonyl (C=O) groups is 1. The Hall–Kier alpha value is -0.850. The van der Waals surface area contributed by atoms with Crippen molar-refractivity contribution in [3.05, 3.63) is 0 Å². The Labute approximate surface area is 116 Å². The molecule has 2 amide bonds. The van der Waals surface area contributed by atoms with Crippen LogP contribution in [-0.4, -0.2) is 75.6 Å². The number of methoxy groups -OCH3 is 2. The summed E-state index contributed by atoms with van der Waals surface area (Å²) >= 11 is 0. The molecule has 1 N–H and O–H groups in total. The van der Waals surface area contributed by atoms with E-state index in [1.165, 1.54) is 0 Å². The van der Waals surface area contributed by atoms with Crippen molar-refractivity contribution >= 4 is 6.03 Å². The number of carbonyl (C=O) groups excluding carboxylic acids is 1. The van der Waals surface area contributed by atoms with Crippen molar-refractivity contribution in [2.75, 3.05) is 41.4 Å². The number of rotatable bonds is 5. The Morgan fingerprint density at radius 3 is 2.21 bits per heavy atom. The molecule has 1 aliphatic heterocycles. The lowest BCUT2D eigenvalue weighted by atomic mass is 10.0. The van der Waals surface area contributed by atoms with Gasteiger partial charge in [0, 0.05) is 47.4 Å². The summed E-state index contributed by atoms with van der Waals surface area (Å²) in [6.45, 7) is 3.65. The second-order valence-corrected chi connectivity index (χ2v) is 5.23. The van der Waals surface area contributed by atoms with Crippen LogP contribution in [0.1, 0.15) is 19.8 Å². The number of piperidine rings is 1. The van der Waals surface area contributed by atoms with Gasteiger partial charge in [-0.25, -0.2) is 4.79 Å². The van der Waals surface area contributed by atoms with Crippen molar-refractivity contribution in [1.29, 1.82) is 0 Å². The van der Waals surface area contributed by atoms with Gasteiger partial charge in [0.15, 0.2) is 6.29 Å². The number of nitrogens with one attached hydrogen (secondary N) is 1. The topological polar surface area (TPSA) is 54.0 Å². The highest BCUT2D eigenvalue weighted by Crippen LogP contribution is 2.13. The number of likely N-dealkylation sites (tertiary alicyclic amines) is 1. The lowest BCUT2D eigenvalue weighted by Gasteiger charge is -2.36. The molecule has 6 nitrogen and oxygen atoms in total. The van der Waals surface area contributed by atoms with Gasteiger partial charge in [-0.05, 0) is 19.8 Å². The first-order valence-electron chi connectivity index (χ1n) is 6.77. The average molecular weight is 273 g/mol. The first kappa shape index (κ1) is 16.2. The third-order valence-electron chi connectivity index (χ3n) is 3.52. The van der Waals surface area contributed by atoms with Crippen molar-refractivity contribution in [2.45, 2.75) is 38.1 Å². The molecule has 0 spiro atoms. The van der Waals surface area contributed by atoms with E-state index in [1.807, 2.05) is 4.90 Å². The van der Waals surface area contributed by atoms with Crippen LogP contribution in [0.25, 0.3) is 0 Å². The van der Waals surface area contributed by atoms with Crippen LogP contribution in [0, 0.1) is 0 Å². The Balaban J connectivity index is 2.36. The number of hydrogen-bond donors (Lipinski definition) is 1. The van der Waals surface area contributed by atoms with Gasteiger partial charge in [0.1, 0.15) is 0 Å². The van der Waals surface area contributed by atoms with Crippen molar-refractivity contribution in [3.63, 3.8) is 0 Å². The predicted molar refractivity (Wildman–Crippen MR) is 74.1 cm³/mol. The summed E-state index contributed by atoms with van der Waals surface area (Å²) in [6.07, 6.45) is 1.69. The minimum Gasteiger partial charge on any atom is -0.354 e.